The maximum absolute atomic E-state index is 10.2. The van der Waals surface area contributed by atoms with E-state index in [2.05, 4.69) is 15.5 Å². The van der Waals surface area contributed by atoms with Gasteiger partial charge in [-0.3, -0.25) is 5.10 Å². The van der Waals surface area contributed by atoms with Crippen LogP contribution in [0, 0.1) is 0 Å². The summed E-state index contributed by atoms with van der Waals surface area (Å²) in [6.07, 6.45) is 1.73. The molecule has 1 atom stereocenters. The van der Waals surface area contributed by atoms with E-state index in [4.69, 9.17) is 5.73 Å². The molecular weight excluding hydrogens is 242 g/mol. The molecule has 0 fully saturated rings. The number of likely N-dealkylation sites (N-methyl/N-ethyl adjacent to an activating group) is 1. The minimum Gasteiger partial charge on any atom is -0.397 e. The first-order valence-corrected chi connectivity index (χ1v) is 6.21. The molecule has 6 heteroatoms. The van der Waals surface area contributed by atoms with Crippen molar-refractivity contribution >= 4 is 22.3 Å². The van der Waals surface area contributed by atoms with E-state index in [1.807, 2.05) is 31.1 Å². The summed E-state index contributed by atoms with van der Waals surface area (Å²) in [4.78, 5) is 1.95. The number of hydrogen-bond donors (Lipinski definition) is 4. The highest BCUT2D eigenvalue weighted by Crippen LogP contribution is 2.25. The fraction of sp³-hybridized carbons (Fsp3) is 0.462. The Morgan fingerprint density at radius 1 is 1.47 bits per heavy atom. The molecule has 0 aliphatic carbocycles. The number of nitrogens with one attached hydrogen (secondary N) is 2. The molecule has 1 aromatic carbocycles. The number of aliphatic hydroxyl groups is 1. The lowest BCUT2D eigenvalue weighted by atomic mass is 10.1. The number of nitrogens with two attached hydrogens (primary N) is 1. The molecule has 6 nitrogen and oxygen atoms in total. The summed E-state index contributed by atoms with van der Waals surface area (Å²) in [6.45, 7) is 2.80. The molecule has 1 heterocycles. The molecule has 0 aliphatic heterocycles. The van der Waals surface area contributed by atoms with Gasteiger partial charge in [-0.25, -0.2) is 0 Å². The molecule has 1 unspecified atom stereocenters. The van der Waals surface area contributed by atoms with Crippen molar-refractivity contribution < 1.29 is 5.11 Å². The molecule has 1 aromatic heterocycles. The third-order valence-corrected chi connectivity index (χ3v) is 2.93. The van der Waals surface area contributed by atoms with Crippen LogP contribution in [0.15, 0.2) is 18.3 Å². The number of nitrogen functional groups attached to an aromatic ring is 1. The summed E-state index contributed by atoms with van der Waals surface area (Å²) < 4.78 is 0. The normalized spacial score (nSPS) is 14.8. The highest BCUT2D eigenvalue weighted by atomic mass is 16.3. The standard InChI is InChI=1S/C13H21N5O/c1-13(19,8-18(2)3)7-15-12-5-11-9(4-10(12)14)6-16-17-11/h4-6,15,19H,7-8,14H2,1-3H3,(H,16,17). The van der Waals surface area contributed by atoms with Crippen LogP contribution in [0.4, 0.5) is 11.4 Å². The number of H-pyrrole nitrogens is 1. The zero-order valence-electron chi connectivity index (χ0n) is 11.6. The summed E-state index contributed by atoms with van der Waals surface area (Å²) in [5.74, 6) is 0. The predicted molar refractivity (Wildman–Crippen MR) is 78.2 cm³/mol. The van der Waals surface area contributed by atoms with E-state index in [1.54, 1.807) is 13.1 Å². The van der Waals surface area contributed by atoms with E-state index in [0.717, 1.165) is 16.6 Å². The van der Waals surface area contributed by atoms with Gasteiger partial charge >= 0.3 is 0 Å². The third kappa shape index (κ3) is 3.36. The van der Waals surface area contributed by atoms with Gasteiger partial charge in [0.15, 0.2) is 0 Å². The largest absolute Gasteiger partial charge is 0.397 e. The molecule has 0 saturated heterocycles. The number of fused-ring (bicyclic) bond motifs is 1. The molecule has 2 aromatic rings. The number of nitrogens with zero attached hydrogens (tertiary/aromatic N) is 2. The average molecular weight is 263 g/mol. The Balaban J connectivity index is 2.10. The van der Waals surface area contributed by atoms with E-state index in [1.165, 1.54) is 0 Å². The maximum atomic E-state index is 10.2. The molecular formula is C13H21N5O. The van der Waals surface area contributed by atoms with Gasteiger partial charge in [0.25, 0.3) is 0 Å². The summed E-state index contributed by atoms with van der Waals surface area (Å²) in [5.41, 5.74) is 7.53. The van der Waals surface area contributed by atoms with Crippen molar-refractivity contribution in [1.29, 1.82) is 0 Å². The Morgan fingerprint density at radius 2 is 2.21 bits per heavy atom. The zero-order chi connectivity index (χ0) is 14.0. The molecule has 5 N–H and O–H groups in total. The van der Waals surface area contributed by atoms with E-state index >= 15 is 0 Å². The Labute approximate surface area is 112 Å². The van der Waals surface area contributed by atoms with Crippen molar-refractivity contribution in [2.75, 3.05) is 38.2 Å². The molecule has 0 spiro atoms. The first kappa shape index (κ1) is 13.6. The van der Waals surface area contributed by atoms with Crippen molar-refractivity contribution in [3.8, 4) is 0 Å². The van der Waals surface area contributed by atoms with E-state index in [9.17, 15) is 5.11 Å². The topological polar surface area (TPSA) is 90.2 Å². The highest BCUT2D eigenvalue weighted by Gasteiger charge is 2.21. The minimum atomic E-state index is -0.821. The van der Waals surface area contributed by atoms with Crippen LogP contribution in [0.25, 0.3) is 10.9 Å². The fourth-order valence-corrected chi connectivity index (χ4v) is 2.18. The first-order valence-electron chi connectivity index (χ1n) is 6.21. The molecule has 19 heavy (non-hydrogen) atoms. The van der Waals surface area contributed by atoms with Crippen LogP contribution in [0.2, 0.25) is 0 Å². The molecule has 0 radical (unpaired) electrons. The zero-order valence-corrected chi connectivity index (χ0v) is 11.6. The monoisotopic (exact) mass is 263 g/mol. The summed E-state index contributed by atoms with van der Waals surface area (Å²) in [6, 6.07) is 3.77. The van der Waals surface area contributed by atoms with Crippen LogP contribution in [-0.4, -0.2) is 53.0 Å². The van der Waals surface area contributed by atoms with Gasteiger partial charge in [0, 0.05) is 18.5 Å². The summed E-state index contributed by atoms with van der Waals surface area (Å²) in [5, 5.41) is 21.3. The quantitative estimate of drug-likeness (QED) is 0.601. The van der Waals surface area contributed by atoms with Crippen LogP contribution in [0.5, 0.6) is 0 Å². The SMILES string of the molecule is CN(C)CC(C)(O)CNc1cc2[nH]ncc2cc1N. The Morgan fingerprint density at radius 3 is 2.89 bits per heavy atom. The lowest BCUT2D eigenvalue weighted by Gasteiger charge is -2.27. The second-order valence-corrected chi connectivity index (χ2v) is 5.48. The number of hydrogen-bond acceptors (Lipinski definition) is 5. The van der Waals surface area contributed by atoms with E-state index in [0.29, 0.717) is 18.8 Å². The summed E-state index contributed by atoms with van der Waals surface area (Å²) >= 11 is 0. The lowest BCUT2D eigenvalue weighted by Crippen LogP contribution is -2.43. The van der Waals surface area contributed by atoms with Gasteiger partial charge in [0.05, 0.1) is 28.7 Å². The van der Waals surface area contributed by atoms with Crippen LogP contribution in [-0.2, 0) is 0 Å². The number of benzene rings is 1. The number of anilines is 2. The number of aromatic nitrogens is 2. The number of rotatable bonds is 5. The fourth-order valence-electron chi connectivity index (χ4n) is 2.18. The maximum Gasteiger partial charge on any atom is 0.0917 e. The Bertz CT molecular complexity index is 561. The van der Waals surface area contributed by atoms with Crippen LogP contribution in [0.1, 0.15) is 6.92 Å². The second-order valence-electron chi connectivity index (χ2n) is 5.48. The number of aromatic amines is 1. The molecule has 0 bridgehead atoms. The van der Waals surface area contributed by atoms with Crippen LogP contribution < -0.4 is 11.1 Å². The van der Waals surface area contributed by atoms with Crippen molar-refractivity contribution in [3.05, 3.63) is 18.3 Å². The molecule has 104 valence electrons. The van der Waals surface area contributed by atoms with E-state index < -0.39 is 5.60 Å². The molecule has 2 rings (SSSR count). The van der Waals surface area contributed by atoms with Gasteiger partial charge in [-0.15, -0.1) is 0 Å². The molecule has 0 amide bonds. The van der Waals surface area contributed by atoms with Gasteiger partial charge < -0.3 is 21.1 Å². The van der Waals surface area contributed by atoms with E-state index in [-0.39, 0.29) is 0 Å². The summed E-state index contributed by atoms with van der Waals surface area (Å²) in [7, 11) is 3.86. The van der Waals surface area contributed by atoms with Gasteiger partial charge in [-0.2, -0.15) is 5.10 Å². The van der Waals surface area contributed by atoms with Gasteiger partial charge in [0.2, 0.25) is 0 Å². The van der Waals surface area contributed by atoms with Crippen molar-refractivity contribution in [3.63, 3.8) is 0 Å². The van der Waals surface area contributed by atoms with Crippen LogP contribution >= 0.6 is 0 Å². The van der Waals surface area contributed by atoms with Gasteiger partial charge in [-0.1, -0.05) is 0 Å². The average Bonchev–Trinajstić information content (AvgIpc) is 2.71. The first-order chi connectivity index (χ1) is 8.87. The highest BCUT2D eigenvalue weighted by molar-refractivity contribution is 5.88. The van der Waals surface area contributed by atoms with Crippen LogP contribution in [0.3, 0.4) is 0 Å². The van der Waals surface area contributed by atoms with Gasteiger partial charge in [-0.05, 0) is 33.2 Å². The van der Waals surface area contributed by atoms with Crippen molar-refractivity contribution in [1.82, 2.24) is 15.1 Å². The lowest BCUT2D eigenvalue weighted by molar-refractivity contribution is 0.0460. The smallest absolute Gasteiger partial charge is 0.0917 e. The molecule has 0 saturated carbocycles. The van der Waals surface area contributed by atoms with Gasteiger partial charge in [0.1, 0.15) is 0 Å². The third-order valence-electron chi connectivity index (χ3n) is 2.93. The second kappa shape index (κ2) is 5.07. The van der Waals surface area contributed by atoms with Crippen molar-refractivity contribution in [2.24, 2.45) is 0 Å². The van der Waals surface area contributed by atoms with Crippen molar-refractivity contribution in [2.45, 2.75) is 12.5 Å². The molecule has 0 aliphatic rings. The predicted octanol–water partition coefficient (Wildman–Crippen LogP) is 0.870. The minimum absolute atomic E-state index is 0.426. The Hall–Kier alpha value is -1.79. The Kier molecular flexibility index (Phi) is 3.64.